The van der Waals surface area contributed by atoms with E-state index in [0.717, 1.165) is 12.1 Å². The summed E-state index contributed by atoms with van der Waals surface area (Å²) >= 11 is 11.8. The minimum atomic E-state index is 0.357. The third-order valence-corrected chi connectivity index (χ3v) is 3.07. The van der Waals surface area contributed by atoms with E-state index >= 15 is 0 Å². The van der Waals surface area contributed by atoms with Crippen LogP contribution in [0.25, 0.3) is 0 Å². The predicted molar refractivity (Wildman–Crippen MR) is 70.0 cm³/mol. The molecule has 1 rings (SSSR count). The van der Waals surface area contributed by atoms with Crippen LogP contribution >= 0.6 is 23.2 Å². The van der Waals surface area contributed by atoms with E-state index in [1.165, 1.54) is 0 Å². The lowest BCUT2D eigenvalue weighted by Gasteiger charge is -2.25. The molecule has 0 radical (unpaired) electrons. The van der Waals surface area contributed by atoms with Gasteiger partial charge >= 0.3 is 0 Å². The van der Waals surface area contributed by atoms with Gasteiger partial charge in [-0.05, 0) is 19.9 Å². The molecule has 3 nitrogen and oxygen atoms in total. The summed E-state index contributed by atoms with van der Waals surface area (Å²) in [5.41, 5.74) is 0.933. The molecule has 0 fully saturated rings. The standard InChI is InChI=1S/C12H15Cl2N3/c1-9(2)17(5-3-4-15)8-10-7-16-12(14)6-11(10)13/h6-7,9H,3,5,8H2,1-2H3. The molecule has 1 heterocycles. The van der Waals surface area contributed by atoms with Gasteiger partial charge in [0.25, 0.3) is 0 Å². The Hall–Kier alpha value is -0.820. The Kier molecular flexibility index (Phi) is 5.70. The second-order valence-electron chi connectivity index (χ2n) is 4.07. The fraction of sp³-hybridized carbons (Fsp3) is 0.500. The first-order chi connectivity index (χ1) is 8.04. The van der Waals surface area contributed by atoms with Crippen molar-refractivity contribution < 1.29 is 0 Å². The second kappa shape index (κ2) is 6.80. The van der Waals surface area contributed by atoms with E-state index in [-0.39, 0.29) is 0 Å². The molecule has 0 N–H and O–H groups in total. The average Bonchev–Trinajstić information content (AvgIpc) is 2.26. The van der Waals surface area contributed by atoms with Crippen molar-refractivity contribution >= 4 is 23.2 Å². The topological polar surface area (TPSA) is 39.9 Å². The van der Waals surface area contributed by atoms with Crippen molar-refractivity contribution in [3.05, 3.63) is 28.0 Å². The summed E-state index contributed by atoms with van der Waals surface area (Å²) in [6, 6.07) is 4.15. The van der Waals surface area contributed by atoms with E-state index in [0.29, 0.717) is 29.2 Å². The number of hydrogen-bond donors (Lipinski definition) is 0. The lowest BCUT2D eigenvalue weighted by atomic mass is 10.2. The highest BCUT2D eigenvalue weighted by Gasteiger charge is 2.12. The predicted octanol–water partition coefficient (Wildman–Crippen LogP) is 3.51. The Morgan fingerprint density at radius 3 is 2.71 bits per heavy atom. The number of aromatic nitrogens is 1. The SMILES string of the molecule is CC(C)N(CCC#N)Cc1cnc(Cl)cc1Cl. The third kappa shape index (κ3) is 4.51. The van der Waals surface area contributed by atoms with Gasteiger partial charge in [-0.2, -0.15) is 5.26 Å². The van der Waals surface area contributed by atoms with Gasteiger partial charge in [-0.25, -0.2) is 4.98 Å². The van der Waals surface area contributed by atoms with Crippen molar-refractivity contribution in [2.75, 3.05) is 6.54 Å². The van der Waals surface area contributed by atoms with Crippen LogP contribution in [0.3, 0.4) is 0 Å². The maximum absolute atomic E-state index is 8.62. The molecule has 92 valence electrons. The minimum absolute atomic E-state index is 0.357. The van der Waals surface area contributed by atoms with Crippen molar-refractivity contribution in [1.82, 2.24) is 9.88 Å². The molecular formula is C12H15Cl2N3. The second-order valence-corrected chi connectivity index (χ2v) is 4.87. The zero-order valence-electron chi connectivity index (χ0n) is 9.95. The van der Waals surface area contributed by atoms with E-state index in [2.05, 4.69) is 29.8 Å². The van der Waals surface area contributed by atoms with Crippen molar-refractivity contribution in [3.8, 4) is 6.07 Å². The lowest BCUT2D eigenvalue weighted by Crippen LogP contribution is -2.31. The molecule has 0 aliphatic heterocycles. The molecular weight excluding hydrogens is 257 g/mol. The number of halogens is 2. The Morgan fingerprint density at radius 1 is 1.47 bits per heavy atom. The van der Waals surface area contributed by atoms with Crippen molar-refractivity contribution in [2.45, 2.75) is 32.9 Å². The van der Waals surface area contributed by atoms with Crippen LogP contribution in [0, 0.1) is 11.3 Å². The fourth-order valence-electron chi connectivity index (χ4n) is 1.48. The largest absolute Gasteiger partial charge is 0.296 e. The molecule has 0 aliphatic rings. The molecule has 0 aromatic carbocycles. The number of nitrogens with zero attached hydrogens (tertiary/aromatic N) is 3. The zero-order valence-corrected chi connectivity index (χ0v) is 11.5. The van der Waals surface area contributed by atoms with Gasteiger partial charge in [0, 0.05) is 42.3 Å². The molecule has 1 aromatic heterocycles. The molecule has 0 aliphatic carbocycles. The van der Waals surface area contributed by atoms with E-state index in [9.17, 15) is 0 Å². The monoisotopic (exact) mass is 271 g/mol. The minimum Gasteiger partial charge on any atom is -0.296 e. The van der Waals surface area contributed by atoms with Gasteiger partial charge in [0.2, 0.25) is 0 Å². The molecule has 1 aromatic rings. The molecule has 0 saturated carbocycles. The molecule has 0 bridgehead atoms. The quantitative estimate of drug-likeness (QED) is 0.770. The summed E-state index contributed by atoms with van der Waals surface area (Å²) in [5.74, 6) is 0. The van der Waals surface area contributed by atoms with Crippen molar-refractivity contribution in [1.29, 1.82) is 5.26 Å². The highest BCUT2D eigenvalue weighted by Crippen LogP contribution is 2.20. The Bertz CT molecular complexity index is 413. The van der Waals surface area contributed by atoms with Crippen LogP contribution in [0.4, 0.5) is 0 Å². The van der Waals surface area contributed by atoms with Gasteiger partial charge in [-0.3, -0.25) is 4.90 Å². The molecule has 5 heteroatoms. The summed E-state index contributed by atoms with van der Waals surface area (Å²) in [7, 11) is 0. The van der Waals surface area contributed by atoms with Crippen LogP contribution in [-0.4, -0.2) is 22.5 Å². The first-order valence-corrected chi connectivity index (χ1v) is 6.21. The van der Waals surface area contributed by atoms with Crippen molar-refractivity contribution in [3.63, 3.8) is 0 Å². The zero-order chi connectivity index (χ0) is 12.8. The van der Waals surface area contributed by atoms with Crippen LogP contribution in [-0.2, 0) is 6.54 Å². The van der Waals surface area contributed by atoms with E-state index in [1.807, 2.05) is 0 Å². The summed E-state index contributed by atoms with van der Waals surface area (Å²) < 4.78 is 0. The third-order valence-electron chi connectivity index (χ3n) is 2.51. The van der Waals surface area contributed by atoms with Gasteiger partial charge in [-0.1, -0.05) is 23.2 Å². The highest BCUT2D eigenvalue weighted by atomic mass is 35.5. The van der Waals surface area contributed by atoms with E-state index in [4.69, 9.17) is 28.5 Å². The van der Waals surface area contributed by atoms with E-state index < -0.39 is 0 Å². The van der Waals surface area contributed by atoms with Gasteiger partial charge in [0.1, 0.15) is 5.15 Å². The van der Waals surface area contributed by atoms with Crippen LogP contribution in [0.15, 0.2) is 12.3 Å². The Morgan fingerprint density at radius 2 is 2.18 bits per heavy atom. The number of hydrogen-bond acceptors (Lipinski definition) is 3. The molecule has 0 saturated heterocycles. The normalized spacial score (nSPS) is 10.9. The maximum Gasteiger partial charge on any atom is 0.130 e. The van der Waals surface area contributed by atoms with Crippen LogP contribution < -0.4 is 0 Å². The first kappa shape index (κ1) is 14.2. The molecule has 17 heavy (non-hydrogen) atoms. The fourth-order valence-corrected chi connectivity index (χ4v) is 1.91. The van der Waals surface area contributed by atoms with Crippen LogP contribution in [0.5, 0.6) is 0 Å². The highest BCUT2D eigenvalue weighted by molar-refractivity contribution is 6.34. The van der Waals surface area contributed by atoms with Gasteiger partial charge < -0.3 is 0 Å². The molecule has 0 atom stereocenters. The first-order valence-electron chi connectivity index (χ1n) is 5.45. The van der Waals surface area contributed by atoms with E-state index in [1.54, 1.807) is 12.3 Å². The Labute approximate surface area is 112 Å². The molecule has 0 unspecified atom stereocenters. The number of pyridine rings is 1. The lowest BCUT2D eigenvalue weighted by molar-refractivity contribution is 0.217. The number of nitriles is 1. The van der Waals surface area contributed by atoms with Crippen molar-refractivity contribution in [2.24, 2.45) is 0 Å². The molecule has 0 amide bonds. The smallest absolute Gasteiger partial charge is 0.130 e. The molecule has 0 spiro atoms. The summed E-state index contributed by atoms with van der Waals surface area (Å²) in [5, 5.41) is 9.63. The summed E-state index contributed by atoms with van der Waals surface area (Å²) in [6.07, 6.45) is 2.20. The summed E-state index contributed by atoms with van der Waals surface area (Å²) in [4.78, 5) is 6.20. The van der Waals surface area contributed by atoms with Gasteiger partial charge in [0.15, 0.2) is 0 Å². The maximum atomic E-state index is 8.62. The number of rotatable bonds is 5. The van der Waals surface area contributed by atoms with Gasteiger partial charge in [-0.15, -0.1) is 0 Å². The summed E-state index contributed by atoms with van der Waals surface area (Å²) in [6.45, 7) is 5.60. The van der Waals surface area contributed by atoms with Crippen LogP contribution in [0.1, 0.15) is 25.8 Å². The Balaban J connectivity index is 2.75. The average molecular weight is 272 g/mol. The van der Waals surface area contributed by atoms with Gasteiger partial charge in [0.05, 0.1) is 6.07 Å². The van der Waals surface area contributed by atoms with Crippen LogP contribution in [0.2, 0.25) is 10.2 Å².